The number of rotatable bonds is 5. The first-order chi connectivity index (χ1) is 7.11. The highest BCUT2D eigenvalue weighted by molar-refractivity contribution is 5.25. The van der Waals surface area contributed by atoms with Gasteiger partial charge in [-0.05, 0) is 48.4 Å². The molecule has 0 aliphatic rings. The van der Waals surface area contributed by atoms with Crippen LogP contribution in [0.4, 0.5) is 4.39 Å². The molecule has 0 aliphatic carbocycles. The summed E-state index contributed by atoms with van der Waals surface area (Å²) in [6, 6.07) is 5.47. The molecule has 0 fully saturated rings. The number of benzene rings is 1. The first-order valence-corrected chi connectivity index (χ1v) is 5.90. The summed E-state index contributed by atoms with van der Waals surface area (Å²) in [6.45, 7) is 6.52. The van der Waals surface area contributed by atoms with E-state index >= 15 is 0 Å². The molecule has 0 saturated heterocycles. The average Bonchev–Trinajstić information content (AvgIpc) is 2.14. The van der Waals surface area contributed by atoms with Crippen LogP contribution in [0, 0.1) is 11.7 Å². The van der Waals surface area contributed by atoms with Crippen LogP contribution in [-0.2, 0) is 12.8 Å². The Morgan fingerprint density at radius 2 is 1.67 bits per heavy atom. The van der Waals surface area contributed by atoms with E-state index in [9.17, 15) is 4.39 Å². The molecule has 0 spiro atoms. The molecule has 1 aromatic rings. The van der Waals surface area contributed by atoms with E-state index in [1.54, 1.807) is 12.1 Å². The lowest BCUT2D eigenvalue weighted by Gasteiger charge is -2.07. The Kier molecular flexibility index (Phi) is 4.80. The predicted octanol–water partition coefficient (Wildman–Crippen LogP) is 4.37. The molecule has 0 aromatic heterocycles. The van der Waals surface area contributed by atoms with E-state index in [4.69, 9.17) is 0 Å². The van der Waals surface area contributed by atoms with E-state index in [0.717, 1.165) is 36.8 Å². The molecule has 0 heterocycles. The fourth-order valence-corrected chi connectivity index (χ4v) is 1.75. The van der Waals surface area contributed by atoms with Gasteiger partial charge in [0.05, 0.1) is 0 Å². The van der Waals surface area contributed by atoms with Crippen LogP contribution in [0.25, 0.3) is 0 Å². The predicted molar refractivity (Wildman–Crippen MR) is 63.6 cm³/mol. The van der Waals surface area contributed by atoms with Crippen LogP contribution in [0.3, 0.4) is 0 Å². The molecule has 0 radical (unpaired) electrons. The molecule has 1 rings (SSSR count). The number of halogens is 1. The maximum Gasteiger partial charge on any atom is 0.123 e. The third kappa shape index (κ3) is 4.46. The quantitative estimate of drug-likeness (QED) is 0.674. The number of hydrogen-bond donors (Lipinski definition) is 0. The van der Waals surface area contributed by atoms with Gasteiger partial charge in [-0.2, -0.15) is 0 Å². The van der Waals surface area contributed by atoms with Crippen molar-refractivity contribution in [2.45, 2.75) is 46.5 Å². The summed E-state index contributed by atoms with van der Waals surface area (Å²) in [7, 11) is 0. The second-order valence-corrected chi connectivity index (χ2v) is 4.65. The van der Waals surface area contributed by atoms with Crippen LogP contribution in [0.5, 0.6) is 0 Å². The lowest BCUT2D eigenvalue weighted by Crippen LogP contribution is -1.95. The Bertz CT molecular complexity index is 302. The maximum absolute atomic E-state index is 13.3. The summed E-state index contributed by atoms with van der Waals surface area (Å²) < 4.78 is 13.3. The Morgan fingerprint density at radius 3 is 2.20 bits per heavy atom. The van der Waals surface area contributed by atoms with Gasteiger partial charge in [-0.1, -0.05) is 33.3 Å². The Hall–Kier alpha value is -0.850. The second-order valence-electron chi connectivity index (χ2n) is 4.65. The monoisotopic (exact) mass is 208 g/mol. The minimum absolute atomic E-state index is 0.0836. The van der Waals surface area contributed by atoms with Crippen molar-refractivity contribution in [3.63, 3.8) is 0 Å². The van der Waals surface area contributed by atoms with Crippen LogP contribution in [0.2, 0.25) is 0 Å². The number of hydrogen-bond acceptors (Lipinski definition) is 0. The fraction of sp³-hybridized carbons (Fsp3) is 0.571. The normalized spacial score (nSPS) is 11.0. The highest BCUT2D eigenvalue weighted by atomic mass is 19.1. The highest BCUT2D eigenvalue weighted by Gasteiger charge is 2.02. The molecule has 15 heavy (non-hydrogen) atoms. The van der Waals surface area contributed by atoms with Crippen LogP contribution in [0.1, 0.15) is 44.7 Å². The van der Waals surface area contributed by atoms with Crippen LogP contribution < -0.4 is 0 Å². The van der Waals surface area contributed by atoms with Crippen LogP contribution in [0.15, 0.2) is 18.2 Å². The van der Waals surface area contributed by atoms with Gasteiger partial charge in [0.25, 0.3) is 0 Å². The van der Waals surface area contributed by atoms with E-state index < -0.39 is 0 Å². The van der Waals surface area contributed by atoms with Gasteiger partial charge in [0, 0.05) is 0 Å². The van der Waals surface area contributed by atoms with E-state index in [0.29, 0.717) is 5.92 Å². The van der Waals surface area contributed by atoms with E-state index in [2.05, 4.69) is 26.8 Å². The smallest absolute Gasteiger partial charge is 0.123 e. The minimum atomic E-state index is -0.0836. The van der Waals surface area contributed by atoms with Crippen molar-refractivity contribution in [2.24, 2.45) is 5.92 Å². The molecular formula is C14H21F. The molecule has 0 nitrogen and oxygen atoms in total. The molecule has 1 aromatic carbocycles. The summed E-state index contributed by atoms with van der Waals surface area (Å²) in [5.74, 6) is 0.600. The van der Waals surface area contributed by atoms with Gasteiger partial charge in [0.2, 0.25) is 0 Å². The van der Waals surface area contributed by atoms with Gasteiger partial charge < -0.3 is 0 Å². The van der Waals surface area contributed by atoms with Gasteiger partial charge in [-0.15, -0.1) is 0 Å². The van der Waals surface area contributed by atoms with Crippen LogP contribution in [-0.4, -0.2) is 0 Å². The largest absolute Gasteiger partial charge is 0.207 e. The van der Waals surface area contributed by atoms with Gasteiger partial charge >= 0.3 is 0 Å². The highest BCUT2D eigenvalue weighted by Crippen LogP contribution is 2.14. The summed E-state index contributed by atoms with van der Waals surface area (Å²) >= 11 is 0. The molecule has 0 bridgehead atoms. The van der Waals surface area contributed by atoms with Gasteiger partial charge in [0.15, 0.2) is 0 Å². The second kappa shape index (κ2) is 5.89. The molecule has 0 N–H and O–H groups in total. The summed E-state index contributed by atoms with van der Waals surface area (Å²) in [6.07, 6.45) is 4.18. The van der Waals surface area contributed by atoms with Crippen molar-refractivity contribution in [3.05, 3.63) is 35.1 Å². The van der Waals surface area contributed by atoms with E-state index in [1.165, 1.54) is 0 Å². The molecular weight excluding hydrogens is 187 g/mol. The molecule has 0 atom stereocenters. The minimum Gasteiger partial charge on any atom is -0.207 e. The molecule has 0 amide bonds. The third-order valence-electron chi connectivity index (χ3n) is 2.57. The zero-order valence-electron chi connectivity index (χ0n) is 10.0. The van der Waals surface area contributed by atoms with Crippen molar-refractivity contribution >= 4 is 0 Å². The SMILES string of the molecule is CCCc1cc(F)cc(CCC(C)C)c1. The van der Waals surface area contributed by atoms with Crippen molar-refractivity contribution in [2.75, 3.05) is 0 Å². The Labute approximate surface area is 92.5 Å². The Balaban J connectivity index is 2.70. The first kappa shape index (κ1) is 12.2. The standard InChI is InChI=1S/C14H21F/c1-4-5-12-8-13(7-6-11(2)3)10-14(15)9-12/h8-11H,4-7H2,1-3H3. The summed E-state index contributed by atoms with van der Waals surface area (Å²) in [5.41, 5.74) is 2.28. The van der Waals surface area contributed by atoms with Crippen molar-refractivity contribution in [1.29, 1.82) is 0 Å². The molecule has 84 valence electrons. The summed E-state index contributed by atoms with van der Waals surface area (Å²) in [4.78, 5) is 0. The lowest BCUT2D eigenvalue weighted by molar-refractivity contribution is 0.580. The topological polar surface area (TPSA) is 0 Å². The van der Waals surface area contributed by atoms with Crippen molar-refractivity contribution in [1.82, 2.24) is 0 Å². The summed E-state index contributed by atoms with van der Waals surface area (Å²) in [5, 5.41) is 0. The fourth-order valence-electron chi connectivity index (χ4n) is 1.75. The van der Waals surface area contributed by atoms with Crippen LogP contribution >= 0.6 is 0 Å². The third-order valence-corrected chi connectivity index (χ3v) is 2.57. The first-order valence-electron chi connectivity index (χ1n) is 5.90. The molecule has 0 aliphatic heterocycles. The van der Waals surface area contributed by atoms with Gasteiger partial charge in [-0.25, -0.2) is 4.39 Å². The zero-order valence-corrected chi connectivity index (χ0v) is 10.0. The van der Waals surface area contributed by atoms with E-state index in [1.807, 2.05) is 0 Å². The molecule has 0 saturated carbocycles. The lowest BCUT2D eigenvalue weighted by atomic mass is 9.99. The maximum atomic E-state index is 13.3. The number of aryl methyl sites for hydroxylation is 2. The molecule has 1 heteroatoms. The van der Waals surface area contributed by atoms with Crippen molar-refractivity contribution in [3.8, 4) is 0 Å². The van der Waals surface area contributed by atoms with Gasteiger partial charge in [0.1, 0.15) is 5.82 Å². The van der Waals surface area contributed by atoms with Gasteiger partial charge in [-0.3, -0.25) is 0 Å². The van der Waals surface area contributed by atoms with E-state index in [-0.39, 0.29) is 5.82 Å². The molecule has 0 unspecified atom stereocenters. The zero-order chi connectivity index (χ0) is 11.3. The Morgan fingerprint density at radius 1 is 1.07 bits per heavy atom. The average molecular weight is 208 g/mol. The van der Waals surface area contributed by atoms with Crippen molar-refractivity contribution < 1.29 is 4.39 Å².